The van der Waals surface area contributed by atoms with Crippen LogP contribution in [0.3, 0.4) is 0 Å². The summed E-state index contributed by atoms with van der Waals surface area (Å²) in [6.45, 7) is 4.19. The van der Waals surface area contributed by atoms with Crippen LogP contribution in [0, 0.1) is 0 Å². The lowest BCUT2D eigenvalue weighted by Gasteiger charge is -2.32. The van der Waals surface area contributed by atoms with E-state index in [4.69, 9.17) is 0 Å². The molecule has 0 bridgehead atoms. The molecular formula is C21H25N5. The summed E-state index contributed by atoms with van der Waals surface area (Å²) < 4.78 is 1.90. The van der Waals surface area contributed by atoms with Crippen molar-refractivity contribution < 1.29 is 0 Å². The number of pyridine rings is 1. The topological polar surface area (TPSA) is 46.0 Å². The van der Waals surface area contributed by atoms with Crippen molar-refractivity contribution in [2.75, 3.05) is 13.1 Å². The maximum atomic E-state index is 4.31. The van der Waals surface area contributed by atoms with Gasteiger partial charge in [0, 0.05) is 43.9 Å². The van der Waals surface area contributed by atoms with E-state index < -0.39 is 0 Å². The van der Waals surface area contributed by atoms with Gasteiger partial charge in [0.1, 0.15) is 0 Å². The highest BCUT2D eigenvalue weighted by atomic mass is 15.3. The van der Waals surface area contributed by atoms with Gasteiger partial charge in [-0.3, -0.25) is 9.88 Å². The molecule has 0 spiro atoms. The number of hydrogen-bond acceptors (Lipinski definition) is 4. The minimum Gasteiger partial charge on any atom is -0.310 e. The zero-order chi connectivity index (χ0) is 17.6. The number of rotatable bonds is 6. The zero-order valence-electron chi connectivity index (χ0n) is 15.0. The fourth-order valence-corrected chi connectivity index (χ4v) is 3.54. The second kappa shape index (κ2) is 8.25. The average molecular weight is 347 g/mol. The van der Waals surface area contributed by atoms with E-state index in [2.05, 4.69) is 50.6 Å². The molecule has 2 aromatic heterocycles. The Bertz CT molecular complexity index is 792. The Morgan fingerprint density at radius 3 is 2.65 bits per heavy atom. The predicted molar refractivity (Wildman–Crippen MR) is 103 cm³/mol. The van der Waals surface area contributed by atoms with Crippen LogP contribution in [-0.2, 0) is 13.1 Å². The van der Waals surface area contributed by atoms with E-state index in [1.54, 1.807) is 0 Å². The van der Waals surface area contributed by atoms with E-state index in [0.29, 0.717) is 6.04 Å². The zero-order valence-corrected chi connectivity index (χ0v) is 15.0. The van der Waals surface area contributed by atoms with Crippen molar-refractivity contribution in [1.82, 2.24) is 25.0 Å². The highest BCUT2D eigenvalue weighted by Crippen LogP contribution is 2.15. The molecule has 0 amide bonds. The number of aromatic nitrogens is 3. The Balaban J connectivity index is 1.26. The second-order valence-electron chi connectivity index (χ2n) is 6.91. The Kier molecular flexibility index (Phi) is 5.38. The Hall–Kier alpha value is -2.50. The van der Waals surface area contributed by atoms with E-state index in [0.717, 1.165) is 31.9 Å². The van der Waals surface area contributed by atoms with Gasteiger partial charge in [0.15, 0.2) is 0 Å². The van der Waals surface area contributed by atoms with Gasteiger partial charge in [0.25, 0.3) is 0 Å². The summed E-state index contributed by atoms with van der Waals surface area (Å²) in [6.07, 6.45) is 9.98. The number of nitrogens with zero attached hydrogens (tertiary/aromatic N) is 4. The second-order valence-corrected chi connectivity index (χ2v) is 6.91. The number of likely N-dealkylation sites (tertiary alicyclic amines) is 1. The summed E-state index contributed by atoms with van der Waals surface area (Å²) in [5.74, 6) is 0. The summed E-state index contributed by atoms with van der Waals surface area (Å²) in [6, 6.07) is 15.3. The molecule has 0 aliphatic carbocycles. The highest BCUT2D eigenvalue weighted by Gasteiger charge is 2.18. The molecule has 3 heterocycles. The third kappa shape index (κ3) is 4.36. The van der Waals surface area contributed by atoms with Crippen LogP contribution in [0.1, 0.15) is 24.0 Å². The number of benzene rings is 1. The molecule has 1 saturated heterocycles. The first-order valence-corrected chi connectivity index (χ1v) is 9.30. The minimum atomic E-state index is 0.591. The van der Waals surface area contributed by atoms with Gasteiger partial charge in [-0.15, -0.1) is 0 Å². The van der Waals surface area contributed by atoms with Crippen LogP contribution in [-0.4, -0.2) is 38.8 Å². The molecule has 1 aromatic carbocycles. The molecule has 134 valence electrons. The molecule has 0 atom stereocenters. The monoisotopic (exact) mass is 347 g/mol. The van der Waals surface area contributed by atoms with Gasteiger partial charge >= 0.3 is 0 Å². The molecule has 1 aliphatic rings. The van der Waals surface area contributed by atoms with Gasteiger partial charge in [-0.2, -0.15) is 5.10 Å². The lowest BCUT2D eigenvalue weighted by Crippen LogP contribution is -2.41. The van der Waals surface area contributed by atoms with E-state index in [1.165, 1.54) is 24.0 Å². The molecule has 0 unspecified atom stereocenters. The van der Waals surface area contributed by atoms with Gasteiger partial charge < -0.3 is 5.32 Å². The summed E-state index contributed by atoms with van der Waals surface area (Å²) in [7, 11) is 0. The molecule has 1 fully saturated rings. The van der Waals surface area contributed by atoms with E-state index >= 15 is 0 Å². The largest absolute Gasteiger partial charge is 0.310 e. The van der Waals surface area contributed by atoms with Gasteiger partial charge in [-0.1, -0.05) is 18.2 Å². The molecule has 5 heteroatoms. The maximum absolute atomic E-state index is 4.31. The molecule has 0 saturated carbocycles. The highest BCUT2D eigenvalue weighted by molar-refractivity contribution is 5.35. The van der Waals surface area contributed by atoms with Gasteiger partial charge in [-0.25, -0.2) is 4.68 Å². The van der Waals surface area contributed by atoms with E-state index in [9.17, 15) is 0 Å². The van der Waals surface area contributed by atoms with E-state index in [-0.39, 0.29) is 0 Å². The Labute approximate surface area is 154 Å². The molecule has 5 nitrogen and oxygen atoms in total. The number of nitrogens with one attached hydrogen (secondary N) is 1. The van der Waals surface area contributed by atoms with Crippen molar-refractivity contribution in [3.05, 3.63) is 78.4 Å². The lowest BCUT2D eigenvalue weighted by atomic mass is 10.0. The normalized spacial score (nSPS) is 16.0. The van der Waals surface area contributed by atoms with Crippen molar-refractivity contribution in [2.45, 2.75) is 32.0 Å². The van der Waals surface area contributed by atoms with Gasteiger partial charge in [0.05, 0.1) is 5.69 Å². The third-order valence-electron chi connectivity index (χ3n) is 4.99. The molecule has 3 aromatic rings. The Morgan fingerprint density at radius 2 is 1.88 bits per heavy atom. The molecule has 1 aliphatic heterocycles. The van der Waals surface area contributed by atoms with Crippen LogP contribution in [0.4, 0.5) is 0 Å². The first-order chi connectivity index (χ1) is 12.9. The van der Waals surface area contributed by atoms with Crippen molar-refractivity contribution >= 4 is 0 Å². The van der Waals surface area contributed by atoms with Crippen LogP contribution in [0.2, 0.25) is 0 Å². The molecule has 4 rings (SSSR count). The van der Waals surface area contributed by atoms with Crippen LogP contribution in [0.5, 0.6) is 0 Å². The van der Waals surface area contributed by atoms with E-state index in [1.807, 2.05) is 41.6 Å². The molecule has 0 radical (unpaired) electrons. The third-order valence-corrected chi connectivity index (χ3v) is 4.99. The van der Waals surface area contributed by atoms with Crippen molar-refractivity contribution in [3.8, 4) is 5.69 Å². The molecule has 1 N–H and O–H groups in total. The summed E-state index contributed by atoms with van der Waals surface area (Å²) in [5, 5.41) is 8.03. The first kappa shape index (κ1) is 16.9. The average Bonchev–Trinajstić information content (AvgIpc) is 3.23. The quantitative estimate of drug-likeness (QED) is 0.744. The van der Waals surface area contributed by atoms with Crippen LogP contribution < -0.4 is 5.32 Å². The SMILES string of the molecule is c1cncc(CN2CCC(NCc3cccc(-n4cccn4)c3)CC2)c1. The van der Waals surface area contributed by atoms with Crippen molar-refractivity contribution in [3.63, 3.8) is 0 Å². The van der Waals surface area contributed by atoms with Crippen LogP contribution >= 0.6 is 0 Å². The molecular weight excluding hydrogens is 322 g/mol. The summed E-state index contributed by atoms with van der Waals surface area (Å²) >= 11 is 0. The van der Waals surface area contributed by atoms with Crippen molar-refractivity contribution in [2.24, 2.45) is 0 Å². The fraction of sp³-hybridized carbons (Fsp3) is 0.333. The summed E-state index contributed by atoms with van der Waals surface area (Å²) in [4.78, 5) is 6.73. The lowest BCUT2D eigenvalue weighted by molar-refractivity contribution is 0.190. The van der Waals surface area contributed by atoms with Crippen molar-refractivity contribution in [1.29, 1.82) is 0 Å². The van der Waals surface area contributed by atoms with Crippen LogP contribution in [0.15, 0.2) is 67.3 Å². The Morgan fingerprint density at radius 1 is 1.00 bits per heavy atom. The minimum absolute atomic E-state index is 0.591. The fourth-order valence-electron chi connectivity index (χ4n) is 3.54. The predicted octanol–water partition coefficient (Wildman–Crippen LogP) is 3.02. The first-order valence-electron chi connectivity index (χ1n) is 9.30. The molecule has 26 heavy (non-hydrogen) atoms. The van der Waals surface area contributed by atoms with Gasteiger partial charge in [-0.05, 0) is 61.3 Å². The van der Waals surface area contributed by atoms with Crippen LogP contribution in [0.25, 0.3) is 5.69 Å². The number of hydrogen-bond donors (Lipinski definition) is 1. The summed E-state index contributed by atoms with van der Waals surface area (Å²) in [5.41, 5.74) is 3.71. The maximum Gasteiger partial charge on any atom is 0.0648 e. The number of piperidine rings is 1. The smallest absolute Gasteiger partial charge is 0.0648 e. The van der Waals surface area contributed by atoms with Gasteiger partial charge in [0.2, 0.25) is 0 Å². The standard InChI is InChI=1S/C21H25N5/c1-4-18(14-21(6-1)26-11-3-10-24-26)16-23-20-7-12-25(13-8-20)17-19-5-2-9-22-15-19/h1-6,9-11,14-15,20,23H,7-8,12-13,16-17H2.